The van der Waals surface area contributed by atoms with Gasteiger partial charge in [-0.05, 0) is 36.4 Å². The van der Waals surface area contributed by atoms with Gasteiger partial charge in [0.1, 0.15) is 24.1 Å². The third-order valence-electron chi connectivity index (χ3n) is 3.76. The molecule has 3 rings (SSSR count). The van der Waals surface area contributed by atoms with Crippen LogP contribution in [0.5, 0.6) is 0 Å². The molecule has 0 fully saturated rings. The Kier molecular flexibility index (Phi) is 5.67. The van der Waals surface area contributed by atoms with Crippen molar-refractivity contribution >= 4 is 28.7 Å². The van der Waals surface area contributed by atoms with E-state index >= 15 is 0 Å². The highest BCUT2D eigenvalue weighted by Crippen LogP contribution is 2.18. The second-order valence-electron chi connectivity index (χ2n) is 5.69. The quantitative estimate of drug-likeness (QED) is 0.501. The first-order chi connectivity index (χ1) is 12.5. The second-order valence-corrected chi connectivity index (χ2v) is 6.86. The molecule has 1 amide bonds. The van der Waals surface area contributed by atoms with E-state index < -0.39 is 0 Å². The van der Waals surface area contributed by atoms with Crippen molar-refractivity contribution in [1.82, 2.24) is 24.6 Å². The van der Waals surface area contributed by atoms with Gasteiger partial charge in [-0.2, -0.15) is 5.10 Å². The highest BCUT2D eigenvalue weighted by atomic mass is 32.2. The van der Waals surface area contributed by atoms with Crippen LogP contribution in [0.25, 0.3) is 11.0 Å². The van der Waals surface area contributed by atoms with Gasteiger partial charge in [0.25, 0.3) is 5.56 Å². The minimum Gasteiger partial charge on any atom is -0.355 e. The molecule has 0 aliphatic rings. The second kappa shape index (κ2) is 8.13. The normalized spacial score (nSPS) is 11.0. The van der Waals surface area contributed by atoms with Gasteiger partial charge < -0.3 is 5.32 Å². The predicted molar refractivity (Wildman–Crippen MR) is 97.5 cm³/mol. The lowest BCUT2D eigenvalue weighted by Crippen LogP contribution is -2.33. The van der Waals surface area contributed by atoms with Crippen molar-refractivity contribution in [3.63, 3.8) is 0 Å². The van der Waals surface area contributed by atoms with Crippen molar-refractivity contribution in [2.45, 2.75) is 17.9 Å². The first-order valence-electron chi connectivity index (χ1n) is 8.07. The van der Waals surface area contributed by atoms with Gasteiger partial charge in [0.2, 0.25) is 5.91 Å². The van der Waals surface area contributed by atoms with E-state index in [-0.39, 0.29) is 23.8 Å². The van der Waals surface area contributed by atoms with E-state index in [1.54, 1.807) is 30.9 Å². The molecule has 136 valence electrons. The van der Waals surface area contributed by atoms with Crippen LogP contribution in [0.15, 0.2) is 46.5 Å². The lowest BCUT2D eigenvalue weighted by Gasteiger charge is -2.07. The van der Waals surface area contributed by atoms with Gasteiger partial charge in [0.15, 0.2) is 5.65 Å². The monoisotopic (exact) mass is 375 g/mol. The maximum Gasteiger partial charge on any atom is 0.264 e. The molecular weight excluding hydrogens is 357 g/mol. The summed E-state index contributed by atoms with van der Waals surface area (Å²) >= 11 is 1.60. The van der Waals surface area contributed by atoms with Gasteiger partial charge >= 0.3 is 0 Å². The predicted octanol–water partition coefficient (Wildman–Crippen LogP) is 1.57. The fourth-order valence-electron chi connectivity index (χ4n) is 2.41. The van der Waals surface area contributed by atoms with Crippen LogP contribution < -0.4 is 10.9 Å². The number of rotatable bonds is 7. The smallest absolute Gasteiger partial charge is 0.264 e. The van der Waals surface area contributed by atoms with Gasteiger partial charge in [-0.15, -0.1) is 11.8 Å². The number of hydrogen-bond donors (Lipinski definition) is 1. The number of amides is 1. The van der Waals surface area contributed by atoms with Crippen LogP contribution in [-0.4, -0.2) is 37.5 Å². The summed E-state index contributed by atoms with van der Waals surface area (Å²) < 4.78 is 15.6. The molecule has 0 radical (unpaired) electrons. The number of nitrogens with one attached hydrogen (secondary N) is 1. The molecule has 0 spiro atoms. The number of benzene rings is 1. The third kappa shape index (κ3) is 4.29. The number of nitrogens with zero attached hydrogens (tertiary/aromatic N) is 4. The number of hydrogen-bond acceptors (Lipinski definition) is 5. The molecular formula is C17H18FN5O2S. The van der Waals surface area contributed by atoms with Crippen LogP contribution in [0, 0.1) is 5.82 Å². The van der Waals surface area contributed by atoms with E-state index in [4.69, 9.17) is 0 Å². The molecule has 2 heterocycles. The Hall–Kier alpha value is -2.68. The number of aromatic nitrogens is 4. The molecule has 0 atom stereocenters. The van der Waals surface area contributed by atoms with E-state index in [1.165, 1.54) is 33.9 Å². The molecule has 0 aliphatic heterocycles. The van der Waals surface area contributed by atoms with Crippen LogP contribution in [-0.2, 0) is 18.4 Å². The molecule has 1 aromatic carbocycles. The largest absolute Gasteiger partial charge is 0.355 e. The number of carbonyl (C=O) groups excluding carboxylic acids is 1. The Morgan fingerprint density at radius 3 is 2.85 bits per heavy atom. The summed E-state index contributed by atoms with van der Waals surface area (Å²) in [5.74, 6) is 0.300. The molecule has 0 saturated heterocycles. The van der Waals surface area contributed by atoms with Crippen molar-refractivity contribution in [2.24, 2.45) is 7.05 Å². The number of fused-ring (bicyclic) bond motifs is 1. The first kappa shape index (κ1) is 18.1. The van der Waals surface area contributed by atoms with Crippen LogP contribution in [0.4, 0.5) is 4.39 Å². The van der Waals surface area contributed by atoms with Crippen molar-refractivity contribution in [3.8, 4) is 0 Å². The van der Waals surface area contributed by atoms with E-state index in [0.29, 0.717) is 17.6 Å². The minimum atomic E-state index is -0.287. The zero-order valence-electron chi connectivity index (χ0n) is 14.2. The topological polar surface area (TPSA) is 81.8 Å². The third-order valence-corrected chi connectivity index (χ3v) is 4.86. The summed E-state index contributed by atoms with van der Waals surface area (Å²) in [4.78, 5) is 29.4. The van der Waals surface area contributed by atoms with Gasteiger partial charge in [0, 0.05) is 18.5 Å². The van der Waals surface area contributed by atoms with Crippen molar-refractivity contribution in [2.75, 3.05) is 12.3 Å². The number of halogens is 1. The molecule has 0 unspecified atom stereocenters. The summed E-state index contributed by atoms with van der Waals surface area (Å²) in [5, 5.41) is 7.17. The van der Waals surface area contributed by atoms with E-state index in [0.717, 1.165) is 17.1 Å². The van der Waals surface area contributed by atoms with Crippen LogP contribution >= 0.6 is 11.8 Å². The minimum absolute atomic E-state index is 0.0816. The summed E-state index contributed by atoms with van der Waals surface area (Å²) in [6, 6.07) is 6.31. The van der Waals surface area contributed by atoms with Crippen LogP contribution in [0.3, 0.4) is 0 Å². The molecule has 0 aliphatic carbocycles. The molecule has 7 nitrogen and oxygen atoms in total. The highest BCUT2D eigenvalue weighted by molar-refractivity contribution is 7.99. The highest BCUT2D eigenvalue weighted by Gasteiger charge is 2.10. The number of carbonyl (C=O) groups is 1. The SMILES string of the molecule is Cn1ncc2c(=O)n(CC(=O)NCCCSc3ccc(F)cc3)cnc21. The molecule has 0 bridgehead atoms. The van der Waals surface area contributed by atoms with Gasteiger partial charge in [-0.1, -0.05) is 0 Å². The molecule has 0 saturated carbocycles. The fourth-order valence-corrected chi connectivity index (χ4v) is 3.26. The fraction of sp³-hybridized carbons (Fsp3) is 0.294. The molecule has 9 heteroatoms. The van der Waals surface area contributed by atoms with E-state index in [1.807, 2.05) is 0 Å². The van der Waals surface area contributed by atoms with Gasteiger partial charge in [-0.25, -0.2) is 9.37 Å². The van der Waals surface area contributed by atoms with Crippen molar-refractivity contribution < 1.29 is 9.18 Å². The lowest BCUT2D eigenvalue weighted by molar-refractivity contribution is -0.121. The van der Waals surface area contributed by atoms with E-state index in [9.17, 15) is 14.0 Å². The Morgan fingerprint density at radius 2 is 2.08 bits per heavy atom. The Balaban J connectivity index is 1.45. The molecule has 26 heavy (non-hydrogen) atoms. The van der Waals surface area contributed by atoms with Crippen LogP contribution in [0.1, 0.15) is 6.42 Å². The van der Waals surface area contributed by atoms with E-state index in [2.05, 4.69) is 15.4 Å². The van der Waals surface area contributed by atoms with Gasteiger partial charge in [-0.3, -0.25) is 18.8 Å². The summed E-state index contributed by atoms with van der Waals surface area (Å²) in [6.45, 7) is 0.423. The lowest BCUT2D eigenvalue weighted by atomic mass is 10.4. The van der Waals surface area contributed by atoms with Gasteiger partial charge in [0.05, 0.1) is 6.20 Å². The average molecular weight is 375 g/mol. The maximum atomic E-state index is 12.8. The zero-order chi connectivity index (χ0) is 18.5. The Morgan fingerprint density at radius 1 is 1.31 bits per heavy atom. The molecule has 2 aromatic heterocycles. The first-order valence-corrected chi connectivity index (χ1v) is 9.05. The molecule has 1 N–H and O–H groups in total. The standard InChI is InChI=1S/C17H18FN5O2S/c1-22-16-14(9-21-22)17(25)23(11-20-16)10-15(24)19-7-2-8-26-13-5-3-12(18)4-6-13/h3-6,9,11H,2,7-8,10H2,1H3,(H,19,24). The van der Waals surface area contributed by atoms with Crippen molar-refractivity contribution in [3.05, 3.63) is 53.0 Å². The number of aryl methyl sites for hydroxylation is 1. The Labute approximate surface area is 153 Å². The Bertz CT molecular complexity index is 967. The average Bonchev–Trinajstić information content (AvgIpc) is 3.00. The summed E-state index contributed by atoms with van der Waals surface area (Å²) in [5.41, 5.74) is 0.203. The van der Waals surface area contributed by atoms with Crippen molar-refractivity contribution in [1.29, 1.82) is 0 Å². The molecule has 3 aromatic rings. The van der Waals surface area contributed by atoms with Crippen LogP contribution in [0.2, 0.25) is 0 Å². The zero-order valence-corrected chi connectivity index (χ0v) is 15.0. The summed E-state index contributed by atoms with van der Waals surface area (Å²) in [7, 11) is 1.70. The number of thioether (sulfide) groups is 1. The maximum absolute atomic E-state index is 12.8. The summed E-state index contributed by atoms with van der Waals surface area (Å²) in [6.07, 6.45) is 3.57.